The zero-order valence-electron chi connectivity index (χ0n) is 12.2. The molecule has 1 aromatic carbocycles. The van der Waals surface area contributed by atoms with Gasteiger partial charge in [0.25, 0.3) is 0 Å². The molecule has 108 valence electrons. The van der Waals surface area contributed by atoms with Gasteiger partial charge in [-0.2, -0.15) is 0 Å². The van der Waals surface area contributed by atoms with Crippen molar-refractivity contribution in [1.29, 1.82) is 0 Å². The Labute approximate surface area is 117 Å². The van der Waals surface area contributed by atoms with Crippen LogP contribution in [0.3, 0.4) is 0 Å². The van der Waals surface area contributed by atoms with Gasteiger partial charge >= 0.3 is 0 Å². The maximum absolute atomic E-state index is 5.68. The third-order valence-electron chi connectivity index (χ3n) is 3.25. The number of hydrogen-bond acceptors (Lipinski definition) is 3. The largest absolute Gasteiger partial charge is 0.491 e. The molecule has 0 bridgehead atoms. The molecule has 0 saturated heterocycles. The quantitative estimate of drug-likeness (QED) is 0.516. The Kier molecular flexibility index (Phi) is 8.07. The summed E-state index contributed by atoms with van der Waals surface area (Å²) in [5.41, 5.74) is 6.41. The molecule has 1 aromatic rings. The summed E-state index contributed by atoms with van der Waals surface area (Å²) in [6.07, 6.45) is 5.01. The molecule has 3 heteroatoms. The summed E-state index contributed by atoms with van der Waals surface area (Å²) in [7, 11) is 0. The Morgan fingerprint density at radius 2 is 2.05 bits per heavy atom. The van der Waals surface area contributed by atoms with Crippen LogP contribution < -0.4 is 10.5 Å². The van der Waals surface area contributed by atoms with E-state index in [4.69, 9.17) is 15.2 Å². The van der Waals surface area contributed by atoms with Gasteiger partial charge in [0.2, 0.25) is 0 Å². The fraction of sp³-hybridized carbons (Fsp3) is 0.625. The molecule has 0 saturated carbocycles. The molecule has 0 aliphatic rings. The number of nitrogens with two attached hydrogens (primary N) is 1. The molecule has 19 heavy (non-hydrogen) atoms. The van der Waals surface area contributed by atoms with Crippen LogP contribution in [0.2, 0.25) is 0 Å². The molecule has 0 aliphatic heterocycles. The topological polar surface area (TPSA) is 44.5 Å². The molecule has 0 heterocycles. The molecular weight excluding hydrogens is 238 g/mol. The van der Waals surface area contributed by atoms with Crippen LogP contribution in [-0.4, -0.2) is 19.8 Å². The highest BCUT2D eigenvalue weighted by Gasteiger charge is 2.05. The molecular formula is C16H27NO2. The minimum Gasteiger partial charge on any atom is -0.491 e. The van der Waals surface area contributed by atoms with Crippen molar-refractivity contribution >= 4 is 5.69 Å². The first kappa shape index (κ1) is 15.8. The Hall–Kier alpha value is -1.22. The molecule has 1 atom stereocenters. The number of anilines is 1. The Morgan fingerprint density at radius 3 is 2.74 bits per heavy atom. The zero-order valence-corrected chi connectivity index (χ0v) is 12.2. The second kappa shape index (κ2) is 9.68. The first-order chi connectivity index (χ1) is 9.26. The number of benzene rings is 1. The highest BCUT2D eigenvalue weighted by molar-refractivity contribution is 5.43. The van der Waals surface area contributed by atoms with Gasteiger partial charge in [-0.05, 0) is 24.5 Å². The standard InChI is InChI=1S/C16H27NO2/c1-3-5-7-14(4-2)13-18-10-11-19-16-9-6-8-15(17)12-16/h6,8-9,12,14H,3-5,7,10-11,13,17H2,1-2H3. The maximum Gasteiger partial charge on any atom is 0.121 e. The van der Waals surface area contributed by atoms with Crippen LogP contribution in [0.5, 0.6) is 5.75 Å². The van der Waals surface area contributed by atoms with Crippen LogP contribution in [0.4, 0.5) is 5.69 Å². The van der Waals surface area contributed by atoms with Crippen LogP contribution in [0.15, 0.2) is 24.3 Å². The van der Waals surface area contributed by atoms with Crippen molar-refractivity contribution in [3.8, 4) is 5.75 Å². The molecule has 0 radical (unpaired) electrons. The van der Waals surface area contributed by atoms with Crippen LogP contribution in [0.1, 0.15) is 39.5 Å². The van der Waals surface area contributed by atoms with Gasteiger partial charge in [0.1, 0.15) is 12.4 Å². The van der Waals surface area contributed by atoms with Gasteiger partial charge in [-0.3, -0.25) is 0 Å². The summed E-state index contributed by atoms with van der Waals surface area (Å²) in [6, 6.07) is 7.48. The van der Waals surface area contributed by atoms with E-state index < -0.39 is 0 Å². The van der Waals surface area contributed by atoms with E-state index in [0.717, 1.165) is 18.0 Å². The summed E-state index contributed by atoms with van der Waals surface area (Å²) in [5.74, 6) is 1.49. The van der Waals surface area contributed by atoms with E-state index in [0.29, 0.717) is 19.1 Å². The third-order valence-corrected chi connectivity index (χ3v) is 3.25. The highest BCUT2D eigenvalue weighted by atomic mass is 16.5. The Balaban J connectivity index is 2.10. The Bertz CT molecular complexity index is 341. The van der Waals surface area contributed by atoms with Gasteiger partial charge in [0, 0.05) is 18.4 Å². The second-order valence-corrected chi connectivity index (χ2v) is 4.91. The van der Waals surface area contributed by atoms with Crippen LogP contribution in [-0.2, 0) is 4.74 Å². The van der Waals surface area contributed by atoms with Gasteiger partial charge in [0.05, 0.1) is 6.61 Å². The fourth-order valence-corrected chi connectivity index (χ4v) is 1.97. The van der Waals surface area contributed by atoms with Gasteiger partial charge in [0.15, 0.2) is 0 Å². The van der Waals surface area contributed by atoms with Crippen molar-refractivity contribution in [2.45, 2.75) is 39.5 Å². The summed E-state index contributed by atoms with van der Waals surface area (Å²) < 4.78 is 11.3. The molecule has 3 nitrogen and oxygen atoms in total. The van der Waals surface area contributed by atoms with E-state index in [9.17, 15) is 0 Å². The van der Waals surface area contributed by atoms with E-state index in [1.807, 2.05) is 24.3 Å². The molecule has 0 fully saturated rings. The number of unbranched alkanes of at least 4 members (excludes halogenated alkanes) is 1. The fourth-order valence-electron chi connectivity index (χ4n) is 1.97. The van der Waals surface area contributed by atoms with Crippen molar-refractivity contribution < 1.29 is 9.47 Å². The molecule has 0 amide bonds. The summed E-state index contributed by atoms with van der Waals surface area (Å²) in [4.78, 5) is 0. The molecule has 2 N–H and O–H groups in total. The first-order valence-electron chi connectivity index (χ1n) is 7.32. The summed E-state index contributed by atoms with van der Waals surface area (Å²) in [5, 5.41) is 0. The lowest BCUT2D eigenvalue weighted by atomic mass is 10.0. The highest BCUT2D eigenvalue weighted by Crippen LogP contribution is 2.15. The SMILES string of the molecule is CCCCC(CC)COCCOc1cccc(N)c1. The van der Waals surface area contributed by atoms with Crippen molar-refractivity contribution in [2.24, 2.45) is 5.92 Å². The van der Waals surface area contributed by atoms with E-state index in [-0.39, 0.29) is 0 Å². The smallest absolute Gasteiger partial charge is 0.121 e. The average Bonchev–Trinajstić information content (AvgIpc) is 2.42. The van der Waals surface area contributed by atoms with E-state index in [2.05, 4.69) is 13.8 Å². The van der Waals surface area contributed by atoms with E-state index in [1.165, 1.54) is 25.7 Å². The van der Waals surface area contributed by atoms with Gasteiger partial charge in [-0.25, -0.2) is 0 Å². The van der Waals surface area contributed by atoms with Crippen molar-refractivity contribution in [2.75, 3.05) is 25.6 Å². The van der Waals surface area contributed by atoms with Crippen LogP contribution in [0.25, 0.3) is 0 Å². The zero-order chi connectivity index (χ0) is 13.9. The maximum atomic E-state index is 5.68. The number of ether oxygens (including phenoxy) is 2. The number of nitrogen functional groups attached to an aromatic ring is 1. The lowest BCUT2D eigenvalue weighted by Crippen LogP contribution is -2.13. The van der Waals surface area contributed by atoms with Gasteiger partial charge < -0.3 is 15.2 Å². The van der Waals surface area contributed by atoms with Gasteiger partial charge in [-0.1, -0.05) is 39.2 Å². The molecule has 0 aliphatic carbocycles. The monoisotopic (exact) mass is 265 g/mol. The van der Waals surface area contributed by atoms with Crippen molar-refractivity contribution in [3.05, 3.63) is 24.3 Å². The van der Waals surface area contributed by atoms with E-state index in [1.54, 1.807) is 0 Å². The Morgan fingerprint density at radius 1 is 1.21 bits per heavy atom. The minimum atomic E-state index is 0.577. The van der Waals surface area contributed by atoms with Gasteiger partial charge in [-0.15, -0.1) is 0 Å². The third kappa shape index (κ3) is 7.06. The predicted octanol–water partition coefficient (Wildman–Crippen LogP) is 3.88. The predicted molar refractivity (Wildman–Crippen MR) is 80.5 cm³/mol. The van der Waals surface area contributed by atoms with Crippen molar-refractivity contribution in [1.82, 2.24) is 0 Å². The van der Waals surface area contributed by atoms with Crippen molar-refractivity contribution in [3.63, 3.8) is 0 Å². The van der Waals surface area contributed by atoms with E-state index >= 15 is 0 Å². The number of rotatable bonds is 10. The van der Waals surface area contributed by atoms with Crippen LogP contribution in [0, 0.1) is 5.92 Å². The summed E-state index contributed by atoms with van der Waals surface area (Å²) >= 11 is 0. The lowest BCUT2D eigenvalue weighted by Gasteiger charge is -2.14. The van der Waals surface area contributed by atoms with Crippen LogP contribution >= 0.6 is 0 Å². The number of hydrogen-bond donors (Lipinski definition) is 1. The lowest BCUT2D eigenvalue weighted by molar-refractivity contribution is 0.0700. The molecule has 1 rings (SSSR count). The molecule has 1 unspecified atom stereocenters. The molecule has 0 spiro atoms. The average molecular weight is 265 g/mol. The first-order valence-corrected chi connectivity index (χ1v) is 7.32. The second-order valence-electron chi connectivity index (χ2n) is 4.91. The normalized spacial score (nSPS) is 12.3. The summed E-state index contributed by atoms with van der Waals surface area (Å²) in [6.45, 7) is 6.52. The molecule has 0 aromatic heterocycles. The minimum absolute atomic E-state index is 0.577.